The van der Waals surface area contributed by atoms with E-state index in [1.54, 1.807) is 17.7 Å². The molecule has 0 fully saturated rings. The normalized spacial score (nSPS) is 11.6. The average Bonchev–Trinajstić information content (AvgIpc) is 2.99. The van der Waals surface area contributed by atoms with Crippen LogP contribution in [0.25, 0.3) is 0 Å². The fourth-order valence-electron chi connectivity index (χ4n) is 2.26. The summed E-state index contributed by atoms with van der Waals surface area (Å²) < 4.78 is 58.5. The van der Waals surface area contributed by atoms with Gasteiger partial charge in [0.1, 0.15) is 18.2 Å². The van der Waals surface area contributed by atoms with E-state index in [0.29, 0.717) is 28.0 Å². The van der Waals surface area contributed by atoms with Crippen molar-refractivity contribution in [1.82, 2.24) is 14.8 Å². The van der Waals surface area contributed by atoms with E-state index in [1.807, 2.05) is 0 Å². The highest BCUT2D eigenvalue weighted by Crippen LogP contribution is 2.31. The quantitative estimate of drug-likeness (QED) is 0.441. The summed E-state index contributed by atoms with van der Waals surface area (Å²) in [5, 5.41) is 8.63. The van der Waals surface area contributed by atoms with Crippen molar-refractivity contribution in [2.24, 2.45) is 7.05 Å². The lowest BCUT2D eigenvalue weighted by molar-refractivity contribution is -0.137. The van der Waals surface area contributed by atoms with Crippen LogP contribution in [0.5, 0.6) is 5.75 Å². The summed E-state index contributed by atoms with van der Waals surface area (Å²) in [6.07, 6.45) is -4.36. The lowest BCUT2D eigenvalue weighted by Gasteiger charge is -2.09. The zero-order valence-electron chi connectivity index (χ0n) is 14.2. The Hall–Kier alpha value is -2.55. The first kappa shape index (κ1) is 19.2. The maximum Gasteiger partial charge on any atom is 0.416 e. The van der Waals surface area contributed by atoms with Gasteiger partial charge in [-0.1, -0.05) is 30.0 Å². The van der Waals surface area contributed by atoms with Crippen molar-refractivity contribution in [2.75, 3.05) is 0 Å². The molecule has 0 amide bonds. The van der Waals surface area contributed by atoms with Crippen molar-refractivity contribution in [3.63, 3.8) is 0 Å². The van der Waals surface area contributed by atoms with Gasteiger partial charge in [0.25, 0.3) is 0 Å². The number of alkyl halides is 3. The summed E-state index contributed by atoms with van der Waals surface area (Å²) in [6, 6.07) is 10.8. The summed E-state index contributed by atoms with van der Waals surface area (Å²) in [7, 11) is 1.75. The third-order valence-corrected chi connectivity index (χ3v) is 4.82. The SMILES string of the molecule is Cn1c(COc2ccc(F)cc2)nnc1SCc1cccc(C(F)(F)F)c1. The minimum absolute atomic E-state index is 0.138. The largest absolute Gasteiger partial charge is 0.486 e. The maximum absolute atomic E-state index is 12.9. The molecule has 142 valence electrons. The van der Waals surface area contributed by atoms with E-state index in [1.165, 1.54) is 42.1 Å². The molecule has 2 aromatic carbocycles. The molecule has 0 atom stereocenters. The van der Waals surface area contributed by atoms with Gasteiger partial charge in [-0.05, 0) is 35.9 Å². The van der Waals surface area contributed by atoms with Crippen LogP contribution in [-0.4, -0.2) is 14.8 Å². The number of aromatic nitrogens is 3. The number of ether oxygens (including phenoxy) is 1. The van der Waals surface area contributed by atoms with Gasteiger partial charge in [0, 0.05) is 12.8 Å². The molecule has 1 aromatic heterocycles. The molecule has 3 rings (SSSR count). The van der Waals surface area contributed by atoms with Crippen LogP contribution < -0.4 is 4.74 Å². The van der Waals surface area contributed by atoms with Gasteiger partial charge in [-0.25, -0.2) is 4.39 Å². The van der Waals surface area contributed by atoms with Gasteiger partial charge in [0.2, 0.25) is 0 Å². The average molecular weight is 397 g/mol. The van der Waals surface area contributed by atoms with Gasteiger partial charge in [-0.2, -0.15) is 13.2 Å². The summed E-state index contributed by atoms with van der Waals surface area (Å²) in [4.78, 5) is 0. The van der Waals surface area contributed by atoms with Crippen molar-refractivity contribution < 1.29 is 22.3 Å². The molecule has 27 heavy (non-hydrogen) atoms. The molecule has 0 bridgehead atoms. The first-order valence-electron chi connectivity index (χ1n) is 7.88. The molecule has 0 N–H and O–H groups in total. The number of thioether (sulfide) groups is 1. The number of benzene rings is 2. The molecule has 0 aliphatic carbocycles. The van der Waals surface area contributed by atoms with Gasteiger partial charge < -0.3 is 9.30 Å². The molecular formula is C18H15F4N3OS. The lowest BCUT2D eigenvalue weighted by atomic mass is 10.1. The van der Waals surface area contributed by atoms with E-state index in [9.17, 15) is 17.6 Å². The molecule has 1 heterocycles. The van der Waals surface area contributed by atoms with Gasteiger partial charge in [0.15, 0.2) is 11.0 Å². The fraction of sp³-hybridized carbons (Fsp3) is 0.222. The number of nitrogens with zero attached hydrogens (tertiary/aromatic N) is 3. The second kappa shape index (κ2) is 7.99. The molecule has 3 aromatic rings. The van der Waals surface area contributed by atoms with Gasteiger partial charge >= 0.3 is 6.18 Å². The van der Waals surface area contributed by atoms with Crippen molar-refractivity contribution in [2.45, 2.75) is 23.7 Å². The number of rotatable bonds is 6. The van der Waals surface area contributed by atoms with Crippen molar-refractivity contribution >= 4 is 11.8 Å². The van der Waals surface area contributed by atoms with Crippen LogP contribution in [0.15, 0.2) is 53.7 Å². The molecule has 0 aliphatic heterocycles. The molecule has 0 radical (unpaired) electrons. The van der Waals surface area contributed by atoms with Crippen LogP contribution in [0.3, 0.4) is 0 Å². The number of hydrogen-bond donors (Lipinski definition) is 0. The molecule has 0 unspecified atom stereocenters. The van der Waals surface area contributed by atoms with E-state index in [2.05, 4.69) is 10.2 Å². The highest BCUT2D eigenvalue weighted by atomic mass is 32.2. The van der Waals surface area contributed by atoms with E-state index < -0.39 is 11.7 Å². The second-order valence-corrected chi connectivity index (χ2v) is 6.63. The smallest absolute Gasteiger partial charge is 0.416 e. The van der Waals surface area contributed by atoms with Gasteiger partial charge in [-0.15, -0.1) is 10.2 Å². The maximum atomic E-state index is 12.9. The molecule has 9 heteroatoms. The molecule has 0 saturated carbocycles. The molecule has 0 saturated heterocycles. The Kier molecular flexibility index (Phi) is 5.69. The summed E-state index contributed by atoms with van der Waals surface area (Å²) in [5.41, 5.74) is -0.131. The van der Waals surface area contributed by atoms with E-state index in [-0.39, 0.29) is 12.4 Å². The third kappa shape index (κ3) is 5.00. The Morgan fingerprint density at radius 3 is 2.52 bits per heavy atom. The fourth-order valence-corrected chi connectivity index (χ4v) is 3.13. The Bertz CT molecular complexity index is 910. The molecular weight excluding hydrogens is 382 g/mol. The summed E-state index contributed by atoms with van der Waals surface area (Å²) in [6.45, 7) is 0.138. The Morgan fingerprint density at radius 1 is 1.07 bits per heavy atom. The van der Waals surface area contributed by atoms with E-state index >= 15 is 0 Å². The van der Waals surface area contributed by atoms with Crippen LogP contribution in [0, 0.1) is 5.82 Å². The predicted molar refractivity (Wildman–Crippen MR) is 92.7 cm³/mol. The minimum atomic E-state index is -4.36. The van der Waals surface area contributed by atoms with Gasteiger partial charge in [-0.3, -0.25) is 0 Å². The zero-order chi connectivity index (χ0) is 19.4. The number of hydrogen-bond acceptors (Lipinski definition) is 4. The van der Waals surface area contributed by atoms with Crippen molar-refractivity contribution in [3.05, 3.63) is 71.3 Å². The van der Waals surface area contributed by atoms with Crippen LogP contribution in [-0.2, 0) is 25.6 Å². The summed E-state index contributed by atoms with van der Waals surface area (Å²) in [5.74, 6) is 1.02. The van der Waals surface area contributed by atoms with E-state index in [4.69, 9.17) is 4.74 Å². The summed E-state index contributed by atoms with van der Waals surface area (Å²) >= 11 is 1.28. The van der Waals surface area contributed by atoms with Crippen LogP contribution >= 0.6 is 11.8 Å². The lowest BCUT2D eigenvalue weighted by Crippen LogP contribution is -2.05. The highest BCUT2D eigenvalue weighted by molar-refractivity contribution is 7.98. The Labute approximate surface area is 157 Å². The third-order valence-electron chi connectivity index (χ3n) is 3.73. The first-order valence-corrected chi connectivity index (χ1v) is 8.87. The minimum Gasteiger partial charge on any atom is -0.486 e. The van der Waals surface area contributed by atoms with E-state index in [0.717, 1.165) is 12.1 Å². The zero-order valence-corrected chi connectivity index (χ0v) is 15.0. The Balaban J connectivity index is 1.61. The Morgan fingerprint density at radius 2 is 1.81 bits per heavy atom. The van der Waals surface area contributed by atoms with Crippen LogP contribution in [0.4, 0.5) is 17.6 Å². The topological polar surface area (TPSA) is 39.9 Å². The van der Waals surface area contributed by atoms with Crippen molar-refractivity contribution in [1.29, 1.82) is 0 Å². The molecule has 4 nitrogen and oxygen atoms in total. The highest BCUT2D eigenvalue weighted by Gasteiger charge is 2.30. The molecule has 0 spiro atoms. The van der Waals surface area contributed by atoms with Crippen LogP contribution in [0.2, 0.25) is 0 Å². The standard InChI is InChI=1S/C18H15F4N3OS/c1-25-16(10-26-15-7-5-14(19)6-8-15)23-24-17(25)27-11-12-3-2-4-13(9-12)18(20,21)22/h2-9H,10-11H2,1H3. The monoisotopic (exact) mass is 397 g/mol. The predicted octanol–water partition coefficient (Wildman–Crippen LogP) is 4.84. The number of halogens is 4. The second-order valence-electron chi connectivity index (χ2n) is 5.69. The van der Waals surface area contributed by atoms with Crippen molar-refractivity contribution in [3.8, 4) is 5.75 Å². The van der Waals surface area contributed by atoms with Gasteiger partial charge in [0.05, 0.1) is 5.56 Å². The first-order chi connectivity index (χ1) is 12.8. The molecule has 0 aliphatic rings. The van der Waals surface area contributed by atoms with Crippen LogP contribution in [0.1, 0.15) is 17.0 Å².